The molecule has 0 aliphatic heterocycles. The molecule has 0 saturated heterocycles. The minimum atomic E-state index is 0.313. The first-order chi connectivity index (χ1) is 9.13. The Bertz CT molecular complexity index is 321. The molecule has 0 bridgehead atoms. The van der Waals surface area contributed by atoms with Gasteiger partial charge in [0, 0.05) is 0 Å². The molecule has 4 heteroatoms. The second-order valence-electron chi connectivity index (χ2n) is 4.46. The standard InChI is InChI=1S/C12H16O3.C3H9N/c1-10(2)7-15-12-5-3-11(4-6-12)8-14-9-13;1-3-4-2/h3-6,9-10H,7-8H2,1-2H3;4H,3H2,1-2H3. The van der Waals surface area contributed by atoms with Crippen molar-refractivity contribution in [3.63, 3.8) is 0 Å². The van der Waals surface area contributed by atoms with Crippen LogP contribution in [0.3, 0.4) is 0 Å². The third kappa shape index (κ3) is 10.1. The zero-order valence-electron chi connectivity index (χ0n) is 12.3. The van der Waals surface area contributed by atoms with Gasteiger partial charge in [-0.05, 0) is 37.2 Å². The predicted molar refractivity (Wildman–Crippen MR) is 77.2 cm³/mol. The molecule has 1 aromatic rings. The zero-order valence-corrected chi connectivity index (χ0v) is 12.3. The number of hydrogen-bond acceptors (Lipinski definition) is 4. The lowest BCUT2D eigenvalue weighted by atomic mass is 10.2. The summed E-state index contributed by atoms with van der Waals surface area (Å²) in [6.45, 7) is 8.82. The van der Waals surface area contributed by atoms with Gasteiger partial charge in [0.05, 0.1) is 6.61 Å². The van der Waals surface area contributed by atoms with E-state index in [0.717, 1.165) is 17.9 Å². The van der Waals surface area contributed by atoms with E-state index in [-0.39, 0.29) is 0 Å². The minimum absolute atomic E-state index is 0.313. The minimum Gasteiger partial charge on any atom is -0.493 e. The Morgan fingerprint density at radius 1 is 1.26 bits per heavy atom. The van der Waals surface area contributed by atoms with Crippen molar-refractivity contribution in [3.05, 3.63) is 29.8 Å². The molecule has 0 heterocycles. The van der Waals surface area contributed by atoms with Crippen LogP contribution in [0.25, 0.3) is 0 Å². The van der Waals surface area contributed by atoms with E-state index in [1.54, 1.807) is 0 Å². The number of ether oxygens (including phenoxy) is 2. The molecule has 19 heavy (non-hydrogen) atoms. The molecular formula is C15H25NO3. The monoisotopic (exact) mass is 267 g/mol. The summed E-state index contributed by atoms with van der Waals surface area (Å²) in [5.74, 6) is 1.36. The second-order valence-corrected chi connectivity index (χ2v) is 4.46. The van der Waals surface area contributed by atoms with E-state index in [1.807, 2.05) is 31.3 Å². The van der Waals surface area contributed by atoms with Crippen LogP contribution in [0.15, 0.2) is 24.3 Å². The van der Waals surface area contributed by atoms with E-state index in [2.05, 4.69) is 30.8 Å². The maximum atomic E-state index is 9.98. The van der Waals surface area contributed by atoms with Crippen LogP contribution in [0.5, 0.6) is 5.75 Å². The molecule has 0 unspecified atom stereocenters. The van der Waals surface area contributed by atoms with Crippen LogP contribution in [0, 0.1) is 5.92 Å². The van der Waals surface area contributed by atoms with E-state index >= 15 is 0 Å². The van der Waals surface area contributed by atoms with Crippen molar-refractivity contribution < 1.29 is 14.3 Å². The summed E-state index contributed by atoms with van der Waals surface area (Å²) in [6, 6.07) is 7.54. The highest BCUT2D eigenvalue weighted by Gasteiger charge is 1.97. The second kappa shape index (κ2) is 11.5. The van der Waals surface area contributed by atoms with Gasteiger partial charge in [-0.1, -0.05) is 32.9 Å². The normalized spacial score (nSPS) is 9.53. The number of carbonyl (C=O) groups excluding carboxylic acids is 1. The Hall–Kier alpha value is -1.55. The van der Waals surface area contributed by atoms with Crippen molar-refractivity contribution in [2.45, 2.75) is 27.4 Å². The number of nitrogens with one attached hydrogen (secondary N) is 1. The highest BCUT2D eigenvalue weighted by atomic mass is 16.5. The summed E-state index contributed by atoms with van der Waals surface area (Å²) in [4.78, 5) is 9.98. The lowest BCUT2D eigenvalue weighted by molar-refractivity contribution is -0.129. The Kier molecular flexibility index (Phi) is 10.6. The van der Waals surface area contributed by atoms with Crippen LogP contribution in [0.2, 0.25) is 0 Å². The average Bonchev–Trinajstić information content (AvgIpc) is 2.44. The van der Waals surface area contributed by atoms with Crippen LogP contribution in [-0.2, 0) is 16.1 Å². The van der Waals surface area contributed by atoms with Crippen molar-refractivity contribution in [2.75, 3.05) is 20.2 Å². The summed E-state index contributed by atoms with van der Waals surface area (Å²) < 4.78 is 10.2. The highest BCUT2D eigenvalue weighted by Crippen LogP contribution is 2.13. The van der Waals surface area contributed by atoms with Crippen molar-refractivity contribution in [1.29, 1.82) is 0 Å². The zero-order chi connectivity index (χ0) is 14.5. The van der Waals surface area contributed by atoms with Gasteiger partial charge in [0.15, 0.2) is 0 Å². The van der Waals surface area contributed by atoms with Crippen LogP contribution in [0.4, 0.5) is 0 Å². The Balaban J connectivity index is 0.000000711. The molecule has 1 rings (SSSR count). The van der Waals surface area contributed by atoms with Crippen molar-refractivity contribution >= 4 is 6.47 Å². The molecule has 0 fully saturated rings. The molecule has 0 amide bonds. The first-order valence-electron chi connectivity index (χ1n) is 6.55. The lowest BCUT2D eigenvalue weighted by Gasteiger charge is -2.08. The summed E-state index contributed by atoms with van der Waals surface area (Å²) in [5, 5.41) is 2.93. The smallest absolute Gasteiger partial charge is 0.293 e. The molecule has 1 N–H and O–H groups in total. The van der Waals surface area contributed by atoms with Crippen molar-refractivity contribution in [3.8, 4) is 5.75 Å². The maximum Gasteiger partial charge on any atom is 0.293 e. The third-order valence-electron chi connectivity index (χ3n) is 2.18. The first-order valence-corrected chi connectivity index (χ1v) is 6.55. The first kappa shape index (κ1) is 17.4. The largest absolute Gasteiger partial charge is 0.493 e. The van der Waals surface area contributed by atoms with Gasteiger partial charge in [-0.2, -0.15) is 0 Å². The van der Waals surface area contributed by atoms with Gasteiger partial charge in [-0.3, -0.25) is 4.79 Å². The van der Waals surface area contributed by atoms with Crippen molar-refractivity contribution in [2.24, 2.45) is 5.92 Å². The van der Waals surface area contributed by atoms with E-state index < -0.39 is 0 Å². The van der Waals surface area contributed by atoms with Crippen LogP contribution >= 0.6 is 0 Å². The fourth-order valence-corrected chi connectivity index (χ4v) is 1.08. The summed E-state index contributed by atoms with van der Waals surface area (Å²) in [7, 11) is 1.93. The van der Waals surface area contributed by atoms with Crippen LogP contribution in [-0.4, -0.2) is 26.7 Å². The molecule has 0 saturated carbocycles. The SMILES string of the molecule is CC(C)COc1ccc(COC=O)cc1.CCNC. The molecule has 0 spiro atoms. The average molecular weight is 267 g/mol. The van der Waals surface area contributed by atoms with Crippen LogP contribution < -0.4 is 10.1 Å². The molecule has 1 aromatic carbocycles. The quantitative estimate of drug-likeness (QED) is 0.771. The topological polar surface area (TPSA) is 47.6 Å². The Morgan fingerprint density at radius 2 is 1.84 bits per heavy atom. The Morgan fingerprint density at radius 3 is 2.26 bits per heavy atom. The summed E-state index contributed by atoms with van der Waals surface area (Å²) >= 11 is 0. The molecule has 108 valence electrons. The number of benzene rings is 1. The van der Waals surface area contributed by atoms with Gasteiger partial charge in [-0.15, -0.1) is 0 Å². The van der Waals surface area contributed by atoms with Gasteiger partial charge in [0.1, 0.15) is 12.4 Å². The van der Waals surface area contributed by atoms with E-state index in [9.17, 15) is 4.79 Å². The van der Waals surface area contributed by atoms with Crippen molar-refractivity contribution in [1.82, 2.24) is 5.32 Å². The molecule has 0 aliphatic carbocycles. The fourth-order valence-electron chi connectivity index (χ4n) is 1.08. The van der Waals surface area contributed by atoms with E-state index in [0.29, 0.717) is 25.6 Å². The van der Waals surface area contributed by atoms with Crippen LogP contribution in [0.1, 0.15) is 26.3 Å². The molecule has 0 atom stereocenters. The predicted octanol–water partition coefficient (Wildman–Crippen LogP) is 2.62. The van der Waals surface area contributed by atoms with E-state index in [4.69, 9.17) is 4.74 Å². The van der Waals surface area contributed by atoms with Gasteiger partial charge >= 0.3 is 0 Å². The number of hydrogen-bond donors (Lipinski definition) is 1. The Labute approximate surface area is 116 Å². The summed E-state index contributed by atoms with van der Waals surface area (Å²) in [5.41, 5.74) is 0.957. The van der Waals surface area contributed by atoms with Gasteiger partial charge < -0.3 is 14.8 Å². The highest BCUT2D eigenvalue weighted by molar-refractivity contribution is 5.37. The molecular weight excluding hydrogens is 242 g/mol. The fraction of sp³-hybridized carbons (Fsp3) is 0.533. The maximum absolute atomic E-state index is 9.98. The van der Waals surface area contributed by atoms with Gasteiger partial charge in [-0.25, -0.2) is 0 Å². The molecule has 4 nitrogen and oxygen atoms in total. The number of rotatable bonds is 7. The summed E-state index contributed by atoms with van der Waals surface area (Å²) in [6.07, 6.45) is 0. The molecule has 0 aromatic heterocycles. The van der Waals surface area contributed by atoms with Gasteiger partial charge in [0.25, 0.3) is 6.47 Å². The van der Waals surface area contributed by atoms with Gasteiger partial charge in [0.2, 0.25) is 0 Å². The lowest BCUT2D eigenvalue weighted by Crippen LogP contribution is -2.04. The molecule has 0 radical (unpaired) electrons. The third-order valence-corrected chi connectivity index (χ3v) is 2.18. The molecule has 0 aliphatic rings. The number of carbonyl (C=O) groups is 1. The van der Waals surface area contributed by atoms with E-state index in [1.165, 1.54) is 0 Å².